The van der Waals surface area contributed by atoms with Gasteiger partial charge in [0.15, 0.2) is 0 Å². The van der Waals surface area contributed by atoms with Crippen molar-refractivity contribution in [2.24, 2.45) is 0 Å². The molecule has 1 aliphatic heterocycles. The van der Waals surface area contributed by atoms with E-state index >= 15 is 0 Å². The molecule has 5 heteroatoms. The highest BCUT2D eigenvalue weighted by Crippen LogP contribution is 2.33. The molecule has 2 aliphatic carbocycles. The molecular weight excluding hydrogens is 367 g/mol. The van der Waals surface area contributed by atoms with Crippen molar-refractivity contribution in [1.29, 1.82) is 0 Å². The van der Waals surface area contributed by atoms with Crippen LogP contribution in [0.25, 0.3) is 0 Å². The Labute approximate surface area is 172 Å². The number of amides is 2. The third-order valence-electron chi connectivity index (χ3n) is 6.71. The van der Waals surface area contributed by atoms with E-state index < -0.39 is 6.04 Å². The van der Waals surface area contributed by atoms with E-state index in [1.807, 2.05) is 4.90 Å². The Hall–Kier alpha value is -2.17. The van der Waals surface area contributed by atoms with Crippen LogP contribution in [0.3, 0.4) is 0 Å². The van der Waals surface area contributed by atoms with Crippen molar-refractivity contribution in [3.8, 4) is 0 Å². The van der Waals surface area contributed by atoms with Gasteiger partial charge in [-0.15, -0.1) is 0 Å². The molecule has 0 unspecified atom stereocenters. The molecule has 1 aromatic rings. The summed E-state index contributed by atoms with van der Waals surface area (Å²) in [5.74, 6) is -0.312. The van der Waals surface area contributed by atoms with Crippen LogP contribution in [0.2, 0.25) is 0 Å². The second-order valence-electron chi connectivity index (χ2n) is 8.66. The summed E-state index contributed by atoms with van der Waals surface area (Å²) in [7, 11) is 0. The zero-order valence-electron chi connectivity index (χ0n) is 17.1. The lowest BCUT2D eigenvalue weighted by molar-refractivity contribution is -0.159. The highest BCUT2D eigenvalue weighted by molar-refractivity contribution is 5.95. The quantitative estimate of drug-likeness (QED) is 0.671. The van der Waals surface area contributed by atoms with Gasteiger partial charge in [0, 0.05) is 12.6 Å². The summed E-state index contributed by atoms with van der Waals surface area (Å²) in [5, 5.41) is 0. The third-order valence-corrected chi connectivity index (χ3v) is 6.71. The second kappa shape index (κ2) is 9.10. The maximum Gasteiger partial charge on any atom is 0.250 e. The van der Waals surface area contributed by atoms with Gasteiger partial charge in [-0.05, 0) is 62.6 Å². The zero-order valence-corrected chi connectivity index (χ0v) is 17.1. The van der Waals surface area contributed by atoms with Crippen molar-refractivity contribution in [2.45, 2.75) is 76.3 Å². The van der Waals surface area contributed by atoms with Gasteiger partial charge in [0.05, 0.1) is 0 Å². The van der Waals surface area contributed by atoms with E-state index in [1.54, 1.807) is 17.0 Å². The summed E-state index contributed by atoms with van der Waals surface area (Å²) >= 11 is 0. The molecule has 2 fully saturated rings. The van der Waals surface area contributed by atoms with Crippen molar-refractivity contribution < 1.29 is 14.0 Å². The van der Waals surface area contributed by atoms with E-state index in [-0.39, 0.29) is 30.2 Å². The fraction of sp³-hybridized carbons (Fsp3) is 0.583. The van der Waals surface area contributed by atoms with Gasteiger partial charge in [0.2, 0.25) is 5.91 Å². The van der Waals surface area contributed by atoms with E-state index in [0.29, 0.717) is 12.1 Å². The first-order valence-corrected chi connectivity index (χ1v) is 11.2. The van der Waals surface area contributed by atoms with Crippen molar-refractivity contribution in [1.82, 2.24) is 9.80 Å². The Balaban J connectivity index is 1.58. The lowest BCUT2D eigenvalue weighted by Crippen LogP contribution is -2.58. The topological polar surface area (TPSA) is 40.6 Å². The maximum absolute atomic E-state index is 13.5. The van der Waals surface area contributed by atoms with Crippen LogP contribution >= 0.6 is 0 Å². The second-order valence-corrected chi connectivity index (χ2v) is 8.66. The molecule has 4 rings (SSSR count). The predicted molar refractivity (Wildman–Crippen MR) is 111 cm³/mol. The molecule has 4 nitrogen and oxygen atoms in total. The first kappa shape index (κ1) is 20.1. The van der Waals surface area contributed by atoms with Gasteiger partial charge in [-0.3, -0.25) is 9.59 Å². The van der Waals surface area contributed by atoms with Crippen LogP contribution in [0.15, 0.2) is 35.9 Å². The van der Waals surface area contributed by atoms with Gasteiger partial charge in [-0.1, -0.05) is 43.0 Å². The number of piperazine rings is 1. The monoisotopic (exact) mass is 398 g/mol. The molecular formula is C24H31FN2O2. The van der Waals surface area contributed by atoms with E-state index in [9.17, 15) is 14.0 Å². The minimum absolute atomic E-state index is 0.000678. The van der Waals surface area contributed by atoms with Gasteiger partial charge in [-0.2, -0.15) is 0 Å². The largest absolute Gasteiger partial charge is 0.328 e. The molecule has 1 aromatic carbocycles. The maximum atomic E-state index is 13.5. The van der Waals surface area contributed by atoms with Crippen molar-refractivity contribution in [3.63, 3.8) is 0 Å². The third kappa shape index (κ3) is 4.54. The van der Waals surface area contributed by atoms with Crippen LogP contribution in [0.1, 0.15) is 75.8 Å². The summed E-state index contributed by atoms with van der Waals surface area (Å²) in [6.45, 7) is 0.733. The summed E-state index contributed by atoms with van der Waals surface area (Å²) in [4.78, 5) is 30.2. The first-order chi connectivity index (χ1) is 14.1. The van der Waals surface area contributed by atoms with Crippen molar-refractivity contribution >= 4 is 11.8 Å². The molecule has 1 saturated heterocycles. The minimum atomic E-state index is -0.636. The van der Waals surface area contributed by atoms with Gasteiger partial charge < -0.3 is 9.80 Å². The van der Waals surface area contributed by atoms with Crippen molar-refractivity contribution in [2.75, 3.05) is 13.1 Å². The van der Waals surface area contributed by atoms with Gasteiger partial charge in [0.1, 0.15) is 18.4 Å². The SMILES string of the molecule is O=C1[C@@H](c2ccc(F)cc2)N(CCC2=CCCCC2)C(=O)CN1C1CCCCC1. The Kier molecular flexibility index (Phi) is 6.31. The van der Waals surface area contributed by atoms with E-state index in [2.05, 4.69) is 6.08 Å². The normalized spacial score (nSPS) is 24.0. The van der Waals surface area contributed by atoms with Crippen LogP contribution in [0.5, 0.6) is 0 Å². The molecule has 0 N–H and O–H groups in total. The van der Waals surface area contributed by atoms with Crippen LogP contribution in [-0.2, 0) is 9.59 Å². The fourth-order valence-electron chi connectivity index (χ4n) is 5.07. The number of carbonyl (C=O) groups excluding carboxylic acids is 2. The van der Waals surface area contributed by atoms with Gasteiger partial charge in [0.25, 0.3) is 5.91 Å². The van der Waals surface area contributed by atoms with Crippen LogP contribution in [-0.4, -0.2) is 40.7 Å². The number of hydrogen-bond donors (Lipinski definition) is 0. The molecule has 1 saturated carbocycles. The standard InChI is InChI=1S/C24H31FN2O2/c25-20-13-11-19(12-14-20)23-24(29)27(21-9-5-2-6-10-21)17-22(28)26(23)16-15-18-7-3-1-4-8-18/h7,11-14,21,23H,1-6,8-10,15-17H2/t23-/m1/s1. The highest BCUT2D eigenvalue weighted by atomic mass is 19.1. The number of carbonyl (C=O) groups is 2. The average Bonchev–Trinajstić information content (AvgIpc) is 2.76. The predicted octanol–water partition coefficient (Wildman–Crippen LogP) is 4.76. The molecule has 3 aliphatic rings. The van der Waals surface area contributed by atoms with E-state index in [1.165, 1.54) is 37.0 Å². The Morgan fingerprint density at radius 1 is 0.966 bits per heavy atom. The zero-order chi connectivity index (χ0) is 20.2. The molecule has 29 heavy (non-hydrogen) atoms. The molecule has 1 atom stereocenters. The van der Waals surface area contributed by atoms with Crippen molar-refractivity contribution in [3.05, 3.63) is 47.3 Å². The number of halogens is 1. The Bertz CT molecular complexity index is 768. The summed E-state index contributed by atoms with van der Waals surface area (Å²) in [6.07, 6.45) is 13.1. The molecule has 0 spiro atoms. The first-order valence-electron chi connectivity index (χ1n) is 11.2. The number of hydrogen-bond acceptors (Lipinski definition) is 2. The van der Waals surface area contributed by atoms with Gasteiger partial charge in [-0.25, -0.2) is 4.39 Å². The van der Waals surface area contributed by atoms with Crippen LogP contribution in [0, 0.1) is 5.82 Å². The lowest BCUT2D eigenvalue weighted by Gasteiger charge is -2.44. The van der Waals surface area contributed by atoms with E-state index in [0.717, 1.165) is 44.9 Å². The fourth-order valence-corrected chi connectivity index (χ4v) is 5.07. The molecule has 0 radical (unpaired) electrons. The number of allylic oxidation sites excluding steroid dienone is 1. The molecule has 0 bridgehead atoms. The van der Waals surface area contributed by atoms with Gasteiger partial charge >= 0.3 is 0 Å². The summed E-state index contributed by atoms with van der Waals surface area (Å²) in [6, 6.07) is 5.60. The lowest BCUT2D eigenvalue weighted by atomic mass is 9.91. The smallest absolute Gasteiger partial charge is 0.250 e. The van der Waals surface area contributed by atoms with Crippen LogP contribution < -0.4 is 0 Å². The summed E-state index contributed by atoms with van der Waals surface area (Å²) < 4.78 is 13.5. The molecule has 2 amide bonds. The number of nitrogens with zero attached hydrogens (tertiary/aromatic N) is 2. The van der Waals surface area contributed by atoms with E-state index in [4.69, 9.17) is 0 Å². The summed E-state index contributed by atoms with van der Waals surface area (Å²) in [5.41, 5.74) is 2.10. The highest BCUT2D eigenvalue weighted by Gasteiger charge is 2.42. The Morgan fingerprint density at radius 3 is 2.41 bits per heavy atom. The Morgan fingerprint density at radius 2 is 1.72 bits per heavy atom. The average molecular weight is 399 g/mol. The number of rotatable bonds is 5. The minimum Gasteiger partial charge on any atom is -0.328 e. The van der Waals surface area contributed by atoms with Crippen LogP contribution in [0.4, 0.5) is 4.39 Å². The molecule has 156 valence electrons. The number of benzene rings is 1. The molecule has 1 heterocycles. The molecule has 0 aromatic heterocycles.